The van der Waals surface area contributed by atoms with E-state index in [1.165, 1.54) is 11.1 Å². The molecule has 1 saturated heterocycles. The molecule has 1 aliphatic heterocycles. The van der Waals surface area contributed by atoms with Crippen LogP contribution >= 0.6 is 0 Å². The fourth-order valence-electron chi connectivity index (χ4n) is 4.02. The van der Waals surface area contributed by atoms with Gasteiger partial charge >= 0.3 is 0 Å². The van der Waals surface area contributed by atoms with Crippen LogP contribution in [0.25, 0.3) is 0 Å². The van der Waals surface area contributed by atoms with Crippen LogP contribution in [-0.4, -0.2) is 47.8 Å². The van der Waals surface area contributed by atoms with E-state index in [1.807, 2.05) is 35.2 Å². The SMILES string of the molecule is CCc1ccc(NC(=O)C2CC2C(=O)N2CCN(Cc3ccccc3)CC2)cc1. The lowest BCUT2D eigenvalue weighted by Crippen LogP contribution is -2.49. The van der Waals surface area contributed by atoms with Gasteiger partial charge in [0, 0.05) is 38.4 Å². The molecule has 0 radical (unpaired) electrons. The summed E-state index contributed by atoms with van der Waals surface area (Å²) in [4.78, 5) is 29.6. The van der Waals surface area contributed by atoms with E-state index in [2.05, 4.69) is 41.4 Å². The van der Waals surface area contributed by atoms with Gasteiger partial charge in [0.2, 0.25) is 11.8 Å². The number of nitrogens with one attached hydrogen (secondary N) is 1. The van der Waals surface area contributed by atoms with Crippen molar-refractivity contribution in [3.05, 3.63) is 65.7 Å². The number of benzene rings is 2. The number of carbonyl (C=O) groups excluding carboxylic acids is 2. The molecule has 0 bridgehead atoms. The van der Waals surface area contributed by atoms with Crippen molar-refractivity contribution in [1.82, 2.24) is 9.80 Å². The Labute approximate surface area is 172 Å². The van der Waals surface area contributed by atoms with Gasteiger partial charge in [0.1, 0.15) is 0 Å². The highest BCUT2D eigenvalue weighted by molar-refractivity contribution is 5.99. The minimum atomic E-state index is -0.185. The Bertz CT molecular complexity index is 842. The fraction of sp³-hybridized carbons (Fsp3) is 0.417. The number of hydrogen-bond acceptors (Lipinski definition) is 3. The van der Waals surface area contributed by atoms with Crippen LogP contribution in [0.3, 0.4) is 0 Å². The van der Waals surface area contributed by atoms with Crippen molar-refractivity contribution in [2.45, 2.75) is 26.3 Å². The van der Waals surface area contributed by atoms with E-state index in [9.17, 15) is 9.59 Å². The van der Waals surface area contributed by atoms with E-state index in [1.54, 1.807) is 0 Å². The maximum absolute atomic E-state index is 12.8. The lowest BCUT2D eigenvalue weighted by molar-refractivity contribution is -0.135. The van der Waals surface area contributed by atoms with Crippen LogP contribution in [0.15, 0.2) is 54.6 Å². The molecule has 2 fully saturated rings. The van der Waals surface area contributed by atoms with Gasteiger partial charge in [0.25, 0.3) is 0 Å². The first kappa shape index (κ1) is 19.6. The number of piperazine rings is 1. The zero-order valence-electron chi connectivity index (χ0n) is 17.0. The van der Waals surface area contributed by atoms with Crippen LogP contribution in [0.1, 0.15) is 24.5 Å². The molecular weight excluding hydrogens is 362 g/mol. The Morgan fingerprint density at radius 3 is 2.24 bits per heavy atom. The second-order valence-electron chi connectivity index (χ2n) is 8.08. The third-order valence-electron chi connectivity index (χ3n) is 6.01. The second kappa shape index (κ2) is 8.78. The predicted molar refractivity (Wildman–Crippen MR) is 114 cm³/mol. The van der Waals surface area contributed by atoms with Gasteiger partial charge in [-0.3, -0.25) is 14.5 Å². The Balaban J connectivity index is 1.23. The van der Waals surface area contributed by atoms with Crippen molar-refractivity contribution in [2.75, 3.05) is 31.5 Å². The largest absolute Gasteiger partial charge is 0.340 e. The van der Waals surface area contributed by atoms with E-state index >= 15 is 0 Å². The number of rotatable bonds is 6. The Morgan fingerprint density at radius 2 is 1.59 bits per heavy atom. The molecule has 2 aromatic rings. The summed E-state index contributed by atoms with van der Waals surface area (Å²) < 4.78 is 0. The number of aryl methyl sites for hydroxylation is 1. The van der Waals surface area contributed by atoms with E-state index in [0.29, 0.717) is 6.42 Å². The fourth-order valence-corrected chi connectivity index (χ4v) is 4.02. The maximum Gasteiger partial charge on any atom is 0.228 e. The molecule has 0 spiro atoms. The molecule has 1 aliphatic carbocycles. The van der Waals surface area contributed by atoms with Crippen LogP contribution in [-0.2, 0) is 22.6 Å². The van der Waals surface area contributed by atoms with Crippen molar-refractivity contribution >= 4 is 17.5 Å². The van der Waals surface area contributed by atoms with E-state index in [0.717, 1.165) is 44.8 Å². The molecule has 1 heterocycles. The zero-order valence-corrected chi connectivity index (χ0v) is 17.0. The first-order valence-corrected chi connectivity index (χ1v) is 10.6. The minimum Gasteiger partial charge on any atom is -0.340 e. The topological polar surface area (TPSA) is 52.7 Å². The Morgan fingerprint density at radius 1 is 0.897 bits per heavy atom. The molecule has 152 valence electrons. The third kappa shape index (κ3) is 4.85. The van der Waals surface area contributed by atoms with Crippen molar-refractivity contribution in [3.8, 4) is 0 Å². The molecule has 29 heavy (non-hydrogen) atoms. The van der Waals surface area contributed by atoms with Crippen LogP contribution in [0, 0.1) is 11.8 Å². The normalized spacial score (nSPS) is 21.6. The smallest absolute Gasteiger partial charge is 0.228 e. The van der Waals surface area contributed by atoms with Gasteiger partial charge in [-0.25, -0.2) is 0 Å². The lowest BCUT2D eigenvalue weighted by Gasteiger charge is -2.35. The zero-order chi connectivity index (χ0) is 20.2. The molecule has 4 rings (SSSR count). The summed E-state index contributed by atoms with van der Waals surface area (Å²) >= 11 is 0. The van der Waals surface area contributed by atoms with Crippen molar-refractivity contribution < 1.29 is 9.59 Å². The van der Waals surface area contributed by atoms with E-state index in [-0.39, 0.29) is 23.7 Å². The molecule has 2 unspecified atom stereocenters. The average Bonchev–Trinajstić information content (AvgIpc) is 3.56. The molecule has 2 aliphatic rings. The molecule has 1 saturated carbocycles. The van der Waals surface area contributed by atoms with Gasteiger partial charge in [-0.1, -0.05) is 49.4 Å². The van der Waals surface area contributed by atoms with Crippen molar-refractivity contribution in [3.63, 3.8) is 0 Å². The highest BCUT2D eigenvalue weighted by atomic mass is 16.2. The highest BCUT2D eigenvalue weighted by Gasteiger charge is 2.49. The number of hydrogen-bond donors (Lipinski definition) is 1. The molecule has 1 N–H and O–H groups in total. The molecule has 5 nitrogen and oxygen atoms in total. The summed E-state index contributed by atoms with van der Waals surface area (Å²) in [5.41, 5.74) is 3.35. The molecule has 2 atom stereocenters. The van der Waals surface area contributed by atoms with Gasteiger partial charge < -0.3 is 10.2 Å². The lowest BCUT2D eigenvalue weighted by atomic mass is 10.1. The Hall–Kier alpha value is -2.66. The van der Waals surface area contributed by atoms with Gasteiger partial charge in [-0.2, -0.15) is 0 Å². The summed E-state index contributed by atoms with van der Waals surface area (Å²) in [5, 5.41) is 2.96. The van der Waals surface area contributed by atoms with Crippen molar-refractivity contribution in [2.24, 2.45) is 11.8 Å². The molecule has 0 aromatic heterocycles. The molecule has 2 amide bonds. The highest BCUT2D eigenvalue weighted by Crippen LogP contribution is 2.41. The van der Waals surface area contributed by atoms with Crippen LogP contribution in [0.2, 0.25) is 0 Å². The molecule has 5 heteroatoms. The van der Waals surface area contributed by atoms with Crippen LogP contribution < -0.4 is 5.32 Å². The number of amides is 2. The van der Waals surface area contributed by atoms with Gasteiger partial charge in [-0.15, -0.1) is 0 Å². The predicted octanol–water partition coefficient (Wildman–Crippen LogP) is 3.17. The average molecular weight is 392 g/mol. The second-order valence-corrected chi connectivity index (χ2v) is 8.08. The van der Waals surface area contributed by atoms with Crippen molar-refractivity contribution in [1.29, 1.82) is 0 Å². The number of anilines is 1. The number of carbonyl (C=O) groups is 2. The Kier molecular flexibility index (Phi) is 5.95. The van der Waals surface area contributed by atoms with Gasteiger partial charge in [0.15, 0.2) is 0 Å². The van der Waals surface area contributed by atoms with E-state index in [4.69, 9.17) is 0 Å². The first-order chi connectivity index (χ1) is 14.1. The third-order valence-corrected chi connectivity index (χ3v) is 6.01. The molecule has 2 aromatic carbocycles. The summed E-state index contributed by atoms with van der Waals surface area (Å²) in [6.45, 7) is 6.29. The van der Waals surface area contributed by atoms with Crippen LogP contribution in [0.4, 0.5) is 5.69 Å². The minimum absolute atomic E-state index is 0.0321. The summed E-state index contributed by atoms with van der Waals surface area (Å²) in [7, 11) is 0. The van der Waals surface area contributed by atoms with E-state index < -0.39 is 0 Å². The molecular formula is C24H29N3O2. The number of nitrogens with zero attached hydrogens (tertiary/aromatic N) is 2. The quantitative estimate of drug-likeness (QED) is 0.823. The summed E-state index contributed by atoms with van der Waals surface area (Å²) in [6, 6.07) is 18.4. The van der Waals surface area contributed by atoms with Crippen LogP contribution in [0.5, 0.6) is 0 Å². The first-order valence-electron chi connectivity index (χ1n) is 10.6. The van der Waals surface area contributed by atoms with Gasteiger partial charge in [-0.05, 0) is 36.1 Å². The van der Waals surface area contributed by atoms with Gasteiger partial charge in [0.05, 0.1) is 11.8 Å². The monoisotopic (exact) mass is 391 g/mol. The maximum atomic E-state index is 12.8. The standard InChI is InChI=1S/C24H29N3O2/c1-2-18-8-10-20(11-9-18)25-23(28)21-16-22(21)24(29)27-14-12-26(13-15-27)17-19-6-4-3-5-7-19/h3-11,21-22H,2,12-17H2,1H3,(H,25,28). The summed E-state index contributed by atoms with van der Waals surface area (Å²) in [5.74, 6) is -0.220. The summed E-state index contributed by atoms with van der Waals surface area (Å²) in [6.07, 6.45) is 1.65.